The van der Waals surface area contributed by atoms with Crippen LogP contribution in [0.2, 0.25) is 0 Å². The summed E-state index contributed by atoms with van der Waals surface area (Å²) in [6.07, 6.45) is -4.15. The summed E-state index contributed by atoms with van der Waals surface area (Å²) in [5.41, 5.74) is 1.94. The maximum absolute atomic E-state index is 12.3. The van der Waals surface area contributed by atoms with Crippen LogP contribution >= 0.6 is 23.1 Å². The molecule has 20 heavy (non-hydrogen) atoms. The maximum Gasteiger partial charge on any atom is 0.398 e. The number of rotatable bonds is 5. The van der Waals surface area contributed by atoms with Crippen LogP contribution in [0.3, 0.4) is 0 Å². The highest BCUT2D eigenvalue weighted by molar-refractivity contribution is 7.99. The number of hydrogen-bond donors (Lipinski definition) is 1. The van der Waals surface area contributed by atoms with Crippen LogP contribution in [0.25, 0.3) is 0 Å². The Labute approximate surface area is 124 Å². The summed E-state index contributed by atoms with van der Waals surface area (Å²) in [6.45, 7) is 2.66. The zero-order valence-corrected chi connectivity index (χ0v) is 12.5. The molecule has 0 amide bonds. The van der Waals surface area contributed by atoms with Crippen LogP contribution in [0.5, 0.6) is 0 Å². The molecule has 1 heterocycles. The van der Waals surface area contributed by atoms with Gasteiger partial charge in [0.05, 0.1) is 5.75 Å². The summed E-state index contributed by atoms with van der Waals surface area (Å²) in [6, 6.07) is 9.12. The van der Waals surface area contributed by atoms with Gasteiger partial charge in [-0.3, -0.25) is 0 Å². The van der Waals surface area contributed by atoms with E-state index in [9.17, 15) is 13.2 Å². The summed E-state index contributed by atoms with van der Waals surface area (Å²) in [4.78, 5) is 1.82. The molecular weight excluding hydrogens is 303 g/mol. The lowest BCUT2D eigenvalue weighted by atomic mass is 10.2. The van der Waals surface area contributed by atoms with Gasteiger partial charge in [-0.25, -0.2) is 0 Å². The first kappa shape index (κ1) is 15.3. The maximum atomic E-state index is 12.3. The van der Waals surface area contributed by atoms with Crippen LogP contribution in [0.4, 0.5) is 18.9 Å². The summed E-state index contributed by atoms with van der Waals surface area (Å²) in [5.74, 6) is -0.871. The predicted octanol–water partition coefficient (Wildman–Crippen LogP) is 5.32. The number of aryl methyl sites for hydroxylation is 1. The van der Waals surface area contributed by atoms with Gasteiger partial charge in [0.1, 0.15) is 0 Å². The SMILES string of the molecule is Cc1ccsc1CNc1ccccc1SCC(F)(F)F. The molecule has 0 saturated carbocycles. The van der Waals surface area contributed by atoms with Gasteiger partial charge in [-0.1, -0.05) is 12.1 Å². The van der Waals surface area contributed by atoms with E-state index in [4.69, 9.17) is 0 Å². The average molecular weight is 317 g/mol. The van der Waals surface area contributed by atoms with Gasteiger partial charge in [0.2, 0.25) is 0 Å². The third kappa shape index (κ3) is 4.45. The van der Waals surface area contributed by atoms with Gasteiger partial charge in [0, 0.05) is 22.0 Å². The Morgan fingerprint density at radius 3 is 2.60 bits per heavy atom. The van der Waals surface area contributed by atoms with Crippen molar-refractivity contribution in [2.45, 2.75) is 24.5 Å². The number of nitrogens with one attached hydrogen (secondary N) is 1. The normalized spacial score (nSPS) is 11.6. The molecule has 2 rings (SSSR count). The molecule has 1 nitrogen and oxygen atoms in total. The van der Waals surface area contributed by atoms with E-state index in [1.165, 1.54) is 10.4 Å². The van der Waals surface area contributed by atoms with Crippen molar-refractivity contribution < 1.29 is 13.2 Å². The average Bonchev–Trinajstić information content (AvgIpc) is 2.79. The molecule has 2 aromatic rings. The Balaban J connectivity index is 2.02. The van der Waals surface area contributed by atoms with Gasteiger partial charge in [-0.05, 0) is 36.1 Å². The van der Waals surface area contributed by atoms with Crippen molar-refractivity contribution >= 4 is 28.8 Å². The summed E-state index contributed by atoms with van der Waals surface area (Å²) in [7, 11) is 0. The van der Waals surface area contributed by atoms with Gasteiger partial charge in [-0.15, -0.1) is 23.1 Å². The van der Waals surface area contributed by atoms with Gasteiger partial charge < -0.3 is 5.32 Å². The van der Waals surface area contributed by atoms with E-state index < -0.39 is 11.9 Å². The molecule has 0 radical (unpaired) electrons. The molecule has 0 atom stereocenters. The van der Waals surface area contributed by atoms with E-state index in [-0.39, 0.29) is 0 Å². The van der Waals surface area contributed by atoms with Crippen molar-refractivity contribution in [3.63, 3.8) is 0 Å². The first-order chi connectivity index (χ1) is 9.46. The highest BCUT2D eigenvalue weighted by Crippen LogP contribution is 2.32. The van der Waals surface area contributed by atoms with Gasteiger partial charge in [0.25, 0.3) is 0 Å². The number of halogens is 3. The molecule has 0 aliphatic rings. The Morgan fingerprint density at radius 2 is 1.95 bits per heavy atom. The number of thiophene rings is 1. The number of hydrogen-bond acceptors (Lipinski definition) is 3. The van der Waals surface area contributed by atoms with Crippen molar-refractivity contribution in [3.8, 4) is 0 Å². The zero-order chi connectivity index (χ0) is 14.6. The lowest BCUT2D eigenvalue weighted by Crippen LogP contribution is -2.11. The first-order valence-corrected chi connectivity index (χ1v) is 7.87. The molecule has 0 spiro atoms. The highest BCUT2D eigenvalue weighted by Gasteiger charge is 2.27. The topological polar surface area (TPSA) is 12.0 Å². The molecule has 0 bridgehead atoms. The molecule has 0 unspecified atom stereocenters. The highest BCUT2D eigenvalue weighted by atomic mass is 32.2. The molecule has 0 saturated heterocycles. The van der Waals surface area contributed by atoms with Crippen LogP contribution in [0.1, 0.15) is 10.4 Å². The van der Waals surface area contributed by atoms with Crippen molar-refractivity contribution in [2.24, 2.45) is 0 Å². The van der Waals surface area contributed by atoms with E-state index in [0.717, 1.165) is 17.4 Å². The number of benzene rings is 1. The van der Waals surface area contributed by atoms with Crippen LogP contribution in [0.15, 0.2) is 40.6 Å². The quantitative estimate of drug-likeness (QED) is 0.749. The molecular formula is C14H14F3NS2. The van der Waals surface area contributed by atoms with E-state index >= 15 is 0 Å². The smallest absolute Gasteiger partial charge is 0.379 e. The van der Waals surface area contributed by atoms with E-state index in [0.29, 0.717) is 11.4 Å². The number of anilines is 1. The van der Waals surface area contributed by atoms with Gasteiger partial charge in [0.15, 0.2) is 0 Å². The third-order valence-electron chi connectivity index (χ3n) is 2.69. The van der Waals surface area contributed by atoms with Crippen LogP contribution < -0.4 is 5.32 Å². The van der Waals surface area contributed by atoms with Crippen LogP contribution in [-0.2, 0) is 6.54 Å². The van der Waals surface area contributed by atoms with Crippen LogP contribution in [0, 0.1) is 6.92 Å². The molecule has 1 aromatic heterocycles. The number of alkyl halides is 3. The second-order valence-electron chi connectivity index (χ2n) is 4.28. The zero-order valence-electron chi connectivity index (χ0n) is 10.8. The minimum atomic E-state index is -4.15. The molecule has 0 aliphatic heterocycles. The number of thioether (sulfide) groups is 1. The monoisotopic (exact) mass is 317 g/mol. The fourth-order valence-electron chi connectivity index (χ4n) is 1.66. The van der Waals surface area contributed by atoms with Crippen molar-refractivity contribution in [2.75, 3.05) is 11.1 Å². The Bertz CT molecular complexity index is 564. The fourth-order valence-corrected chi connectivity index (χ4v) is 3.29. The molecule has 1 N–H and O–H groups in total. The Morgan fingerprint density at radius 1 is 1.20 bits per heavy atom. The molecule has 1 aromatic carbocycles. The Kier molecular flexibility index (Phi) is 4.99. The largest absolute Gasteiger partial charge is 0.398 e. The van der Waals surface area contributed by atoms with Crippen molar-refractivity contribution in [3.05, 3.63) is 46.2 Å². The lowest BCUT2D eigenvalue weighted by Gasteiger charge is -2.12. The van der Waals surface area contributed by atoms with Gasteiger partial charge >= 0.3 is 6.18 Å². The molecule has 0 fully saturated rings. The summed E-state index contributed by atoms with van der Waals surface area (Å²) >= 11 is 2.45. The third-order valence-corrected chi connectivity index (χ3v) is 4.85. The summed E-state index contributed by atoms with van der Waals surface area (Å²) < 4.78 is 36.9. The second kappa shape index (κ2) is 6.54. The van der Waals surface area contributed by atoms with Crippen molar-refractivity contribution in [1.29, 1.82) is 0 Å². The first-order valence-electron chi connectivity index (χ1n) is 6.01. The predicted molar refractivity (Wildman–Crippen MR) is 79.6 cm³/mol. The van der Waals surface area contributed by atoms with E-state index in [1.54, 1.807) is 23.5 Å². The van der Waals surface area contributed by atoms with Crippen molar-refractivity contribution in [1.82, 2.24) is 0 Å². The minimum absolute atomic E-state index is 0.624. The summed E-state index contributed by atoms with van der Waals surface area (Å²) in [5, 5.41) is 5.23. The van der Waals surface area contributed by atoms with E-state index in [1.807, 2.05) is 30.5 Å². The molecule has 108 valence electrons. The van der Waals surface area contributed by atoms with Crippen LogP contribution in [-0.4, -0.2) is 11.9 Å². The fraction of sp³-hybridized carbons (Fsp3) is 0.286. The second-order valence-corrected chi connectivity index (χ2v) is 6.30. The Hall–Kier alpha value is -1.14. The molecule has 0 aliphatic carbocycles. The lowest BCUT2D eigenvalue weighted by molar-refractivity contribution is -0.105. The van der Waals surface area contributed by atoms with E-state index in [2.05, 4.69) is 5.32 Å². The molecule has 6 heteroatoms. The minimum Gasteiger partial charge on any atom is -0.379 e. The standard InChI is InChI=1S/C14H14F3NS2/c1-10-6-7-19-13(10)8-18-11-4-2-3-5-12(11)20-9-14(15,16)17/h2-7,18H,8-9H2,1H3. The number of para-hydroxylation sites is 1. The van der Waals surface area contributed by atoms with Gasteiger partial charge in [-0.2, -0.15) is 13.2 Å².